The number of nitrogens with zero attached hydrogens (tertiary/aromatic N) is 2. The molecule has 3 N–H and O–H groups in total. The molecular weight excluding hydrogens is 443 g/mol. The van der Waals surface area contributed by atoms with Crippen molar-refractivity contribution in [3.8, 4) is 0 Å². The number of halogens is 2. The Morgan fingerprint density at radius 1 is 0.968 bits per heavy atom. The molecule has 31 heavy (non-hydrogen) atoms. The quantitative estimate of drug-likeness (QED) is 0.590. The number of fused-ring (bicyclic) bond motifs is 2. The van der Waals surface area contributed by atoms with E-state index in [1.807, 2.05) is 0 Å². The number of anilines is 2. The molecule has 0 aromatic carbocycles. The number of hydrogen-bond acceptors (Lipinski definition) is 8. The predicted octanol–water partition coefficient (Wildman–Crippen LogP) is 2.64. The minimum Gasteiger partial charge on any atom is -0.396 e. The Kier molecular flexibility index (Phi) is 7.59. The van der Waals surface area contributed by atoms with Gasteiger partial charge in [0.05, 0.1) is 12.1 Å². The molecule has 0 spiro atoms. The first-order valence-corrected chi connectivity index (χ1v) is 10.5. The third kappa shape index (κ3) is 6.00. The monoisotopic (exact) mass is 464 g/mol. The van der Waals surface area contributed by atoms with Gasteiger partial charge >= 0.3 is 0 Å². The van der Waals surface area contributed by atoms with Crippen LogP contribution in [0, 0.1) is 0 Å². The molecule has 8 nitrogen and oxygen atoms in total. The van der Waals surface area contributed by atoms with E-state index in [1.165, 1.54) is 6.92 Å². The van der Waals surface area contributed by atoms with Crippen LogP contribution in [0.25, 0.3) is 0 Å². The zero-order chi connectivity index (χ0) is 22.5. The van der Waals surface area contributed by atoms with E-state index >= 15 is 0 Å². The second-order valence-electron chi connectivity index (χ2n) is 7.38. The molecule has 0 fully saturated rings. The molecule has 2 aromatic heterocycles. The van der Waals surface area contributed by atoms with Crippen LogP contribution in [-0.4, -0.2) is 51.1 Å². The third-order valence-corrected chi connectivity index (χ3v) is 5.35. The largest absolute Gasteiger partial charge is 0.396 e. The van der Waals surface area contributed by atoms with Gasteiger partial charge in [-0.05, 0) is 25.5 Å². The van der Waals surface area contributed by atoms with E-state index in [0.717, 1.165) is 11.1 Å². The highest BCUT2D eigenvalue weighted by molar-refractivity contribution is 6.29. The van der Waals surface area contributed by atoms with Crippen molar-refractivity contribution in [2.45, 2.75) is 44.7 Å². The Morgan fingerprint density at radius 3 is 1.94 bits per heavy atom. The number of carbonyl (C=O) groups excluding carboxylic acids is 3. The van der Waals surface area contributed by atoms with E-state index in [9.17, 15) is 14.4 Å². The van der Waals surface area contributed by atoms with Crippen LogP contribution in [0.1, 0.15) is 30.9 Å². The minimum absolute atomic E-state index is 0.0146. The van der Waals surface area contributed by atoms with Crippen LogP contribution >= 0.6 is 23.2 Å². The van der Waals surface area contributed by atoms with Gasteiger partial charge in [-0.3, -0.25) is 14.4 Å². The number of aliphatic hydroxyl groups excluding tert-OH is 1. The van der Waals surface area contributed by atoms with Gasteiger partial charge < -0.3 is 15.7 Å². The highest BCUT2D eigenvalue weighted by Crippen LogP contribution is 2.25. The second-order valence-corrected chi connectivity index (χ2v) is 8.16. The maximum Gasteiger partial charge on any atom is 0.160 e. The number of ketones is 3. The lowest BCUT2D eigenvalue weighted by Gasteiger charge is -2.24. The zero-order valence-electron chi connectivity index (χ0n) is 16.8. The van der Waals surface area contributed by atoms with Crippen LogP contribution in [-0.2, 0) is 27.2 Å². The van der Waals surface area contributed by atoms with Crippen molar-refractivity contribution in [2.24, 2.45) is 0 Å². The summed E-state index contributed by atoms with van der Waals surface area (Å²) in [7, 11) is 0. The summed E-state index contributed by atoms with van der Waals surface area (Å²) in [5, 5.41) is 15.5. The molecular formula is C21H22Cl2N4O4. The number of aliphatic hydroxyl groups is 1. The van der Waals surface area contributed by atoms with Gasteiger partial charge in [0.15, 0.2) is 11.6 Å². The lowest BCUT2D eigenvalue weighted by atomic mass is 9.96. The summed E-state index contributed by atoms with van der Waals surface area (Å²) in [5.74, 6) is 1.35. The fourth-order valence-electron chi connectivity index (χ4n) is 3.39. The molecule has 0 unspecified atom stereocenters. The van der Waals surface area contributed by atoms with E-state index in [2.05, 4.69) is 20.6 Å². The summed E-state index contributed by atoms with van der Waals surface area (Å²) in [5.41, 5.74) is 1.69. The third-order valence-electron chi connectivity index (χ3n) is 4.93. The fraction of sp³-hybridized carbons (Fsp3) is 0.381. The van der Waals surface area contributed by atoms with Crippen molar-refractivity contribution in [1.29, 1.82) is 0 Å². The molecule has 2 aliphatic rings. The lowest BCUT2D eigenvalue weighted by Crippen LogP contribution is -2.37. The zero-order valence-corrected chi connectivity index (χ0v) is 18.3. The topological polar surface area (TPSA) is 121 Å². The molecule has 0 amide bonds. The normalized spacial score (nSPS) is 19.2. The summed E-state index contributed by atoms with van der Waals surface area (Å²) in [6.07, 6.45) is 1.28. The number of hydrogen-bond donors (Lipinski definition) is 3. The molecule has 0 saturated carbocycles. The molecule has 0 saturated heterocycles. The number of pyridine rings is 2. The molecule has 4 rings (SSSR count). The van der Waals surface area contributed by atoms with Crippen molar-refractivity contribution in [1.82, 2.24) is 9.97 Å². The Morgan fingerprint density at radius 2 is 1.45 bits per heavy atom. The molecule has 0 aliphatic carbocycles. The summed E-state index contributed by atoms with van der Waals surface area (Å²) in [6.45, 7) is 1.45. The van der Waals surface area contributed by atoms with E-state index < -0.39 is 6.04 Å². The summed E-state index contributed by atoms with van der Waals surface area (Å²) in [6, 6.07) is 6.09. The van der Waals surface area contributed by atoms with Crippen molar-refractivity contribution >= 4 is 52.2 Å². The Hall–Kier alpha value is -2.55. The van der Waals surface area contributed by atoms with Gasteiger partial charge in [-0.1, -0.05) is 35.3 Å². The van der Waals surface area contributed by atoms with Gasteiger partial charge in [0, 0.05) is 37.0 Å². The highest BCUT2D eigenvalue weighted by Gasteiger charge is 2.27. The minimum atomic E-state index is -0.462. The molecule has 2 atom stereocenters. The summed E-state index contributed by atoms with van der Waals surface area (Å²) in [4.78, 5) is 42.5. The molecule has 2 aromatic rings. The maximum atomic E-state index is 11.7. The van der Waals surface area contributed by atoms with Crippen molar-refractivity contribution in [2.75, 3.05) is 17.2 Å². The van der Waals surface area contributed by atoms with Crippen molar-refractivity contribution in [3.63, 3.8) is 0 Å². The fourth-order valence-corrected chi connectivity index (χ4v) is 3.69. The number of aromatic nitrogens is 2. The maximum absolute atomic E-state index is 11.7. The Labute approximate surface area is 189 Å². The van der Waals surface area contributed by atoms with E-state index in [-0.39, 0.29) is 36.4 Å². The van der Waals surface area contributed by atoms with Gasteiger partial charge in [-0.25, -0.2) is 9.97 Å². The van der Waals surface area contributed by atoms with E-state index in [1.54, 1.807) is 24.3 Å². The Bertz CT molecular complexity index is 1010. The van der Waals surface area contributed by atoms with Crippen molar-refractivity contribution < 1.29 is 19.5 Å². The first kappa shape index (κ1) is 23.1. The molecule has 164 valence electrons. The first-order valence-electron chi connectivity index (χ1n) is 9.76. The number of Topliss-reactive ketones (excluding diaryl/α,β-unsaturated/α-hetero) is 3. The second kappa shape index (κ2) is 10.2. The van der Waals surface area contributed by atoms with Crippen LogP contribution in [0.5, 0.6) is 0 Å². The van der Waals surface area contributed by atoms with Gasteiger partial charge in [0.25, 0.3) is 0 Å². The number of nitrogens with one attached hydrogen (secondary N) is 2. The number of carbonyl (C=O) groups is 3. The van der Waals surface area contributed by atoms with E-state index in [4.69, 9.17) is 28.3 Å². The van der Waals surface area contributed by atoms with Crippen LogP contribution in [0.2, 0.25) is 10.3 Å². The van der Waals surface area contributed by atoms with Crippen LogP contribution in [0.4, 0.5) is 11.6 Å². The Balaban J connectivity index is 0.000000176. The summed E-state index contributed by atoms with van der Waals surface area (Å²) < 4.78 is 0. The van der Waals surface area contributed by atoms with Crippen LogP contribution < -0.4 is 10.6 Å². The average Bonchev–Trinajstić information content (AvgIpc) is 2.70. The lowest BCUT2D eigenvalue weighted by molar-refractivity contribution is -0.123. The van der Waals surface area contributed by atoms with Crippen molar-refractivity contribution in [3.05, 3.63) is 45.7 Å². The van der Waals surface area contributed by atoms with Gasteiger partial charge in [-0.2, -0.15) is 0 Å². The van der Waals surface area contributed by atoms with E-state index in [0.29, 0.717) is 41.2 Å². The standard InChI is InChI=1S/C11H11ClN2O2.C10H11ClN2O2/c1-6(15)4-8-9(16)5-7-2-3-10(12)14-11(7)13-8;11-9-2-1-6-5-8(15)7(3-4-14)12-10(6)13-9/h2-3,8H,4-5H2,1H3,(H,13,14);1-2,7,14H,3-5H2,(H,12,13)/t8-;7-/m11/s1. The highest BCUT2D eigenvalue weighted by atomic mass is 35.5. The van der Waals surface area contributed by atoms with Gasteiger partial charge in [-0.15, -0.1) is 0 Å². The van der Waals surface area contributed by atoms with Gasteiger partial charge in [0.1, 0.15) is 27.7 Å². The van der Waals surface area contributed by atoms with Crippen LogP contribution in [0.3, 0.4) is 0 Å². The predicted molar refractivity (Wildman–Crippen MR) is 118 cm³/mol. The molecule has 4 heterocycles. The average molecular weight is 465 g/mol. The smallest absolute Gasteiger partial charge is 0.160 e. The van der Waals surface area contributed by atoms with Crippen LogP contribution in [0.15, 0.2) is 24.3 Å². The molecule has 0 radical (unpaired) electrons. The molecule has 10 heteroatoms. The SMILES string of the molecule is CC(=O)C[C@H]1Nc2nc(Cl)ccc2CC1=O.O=C1Cc2ccc(Cl)nc2N[C@@H]1CCO. The first-order chi connectivity index (χ1) is 14.8. The summed E-state index contributed by atoms with van der Waals surface area (Å²) >= 11 is 11.5. The molecule has 0 bridgehead atoms. The molecule has 2 aliphatic heterocycles. The van der Waals surface area contributed by atoms with Gasteiger partial charge in [0.2, 0.25) is 0 Å². The number of rotatable bonds is 4.